The Balaban J connectivity index is 1.96. The lowest BCUT2D eigenvalue weighted by Gasteiger charge is -2.48. The molecule has 116 valence electrons. The van der Waals surface area contributed by atoms with E-state index >= 15 is 0 Å². The first-order valence-electron chi connectivity index (χ1n) is 6.60. The molecule has 7 nitrogen and oxygen atoms in total. The summed E-state index contributed by atoms with van der Waals surface area (Å²) < 4.78 is 29.4. The van der Waals surface area contributed by atoms with E-state index in [-0.39, 0.29) is 17.4 Å². The summed E-state index contributed by atoms with van der Waals surface area (Å²) in [4.78, 5) is 27.1. The van der Waals surface area contributed by atoms with Crippen LogP contribution < -0.4 is 0 Å². The van der Waals surface area contributed by atoms with Crippen LogP contribution in [0.5, 0.6) is 0 Å². The zero-order valence-electron chi connectivity index (χ0n) is 11.4. The molecule has 0 saturated carbocycles. The van der Waals surface area contributed by atoms with Gasteiger partial charge >= 0.3 is 0 Å². The SMILES string of the molecule is CC1=C(C(=O)N2CCOCC2)N2C(=O)[C@H](Cl)[C@H]2S(=O)(=O)C1. The van der Waals surface area contributed by atoms with Gasteiger partial charge in [0.25, 0.3) is 5.91 Å². The second-order valence-corrected chi connectivity index (χ2v) is 7.91. The van der Waals surface area contributed by atoms with Gasteiger partial charge in [0.1, 0.15) is 11.1 Å². The maximum atomic E-state index is 12.6. The number of ether oxygens (including phenoxy) is 1. The van der Waals surface area contributed by atoms with Gasteiger partial charge in [-0.15, -0.1) is 11.6 Å². The van der Waals surface area contributed by atoms with Crippen molar-refractivity contribution in [1.29, 1.82) is 0 Å². The summed E-state index contributed by atoms with van der Waals surface area (Å²) in [7, 11) is -3.53. The van der Waals surface area contributed by atoms with Gasteiger partial charge < -0.3 is 9.64 Å². The first kappa shape index (κ1) is 14.8. The molecule has 3 aliphatic rings. The third-order valence-electron chi connectivity index (χ3n) is 3.91. The quantitative estimate of drug-likeness (QED) is 0.469. The van der Waals surface area contributed by atoms with Gasteiger partial charge in [-0.1, -0.05) is 0 Å². The molecule has 3 rings (SSSR count). The summed E-state index contributed by atoms with van der Waals surface area (Å²) >= 11 is 5.82. The average Bonchev–Trinajstić information content (AvgIpc) is 2.45. The molecule has 2 fully saturated rings. The van der Waals surface area contributed by atoms with Gasteiger partial charge in [0.15, 0.2) is 15.2 Å². The predicted octanol–water partition coefficient (Wildman–Crippen LogP) is -0.677. The van der Waals surface area contributed by atoms with Gasteiger partial charge in [-0.05, 0) is 12.5 Å². The molecule has 0 radical (unpaired) electrons. The number of hydrogen-bond donors (Lipinski definition) is 0. The number of β-lactam (4-membered cyclic amide) rings is 1. The molecule has 3 aliphatic heterocycles. The molecule has 0 spiro atoms. The summed E-state index contributed by atoms with van der Waals surface area (Å²) in [5.74, 6) is -1.09. The number of alkyl halides is 1. The Kier molecular flexibility index (Phi) is 3.50. The lowest BCUT2D eigenvalue weighted by Crippen LogP contribution is -2.68. The number of morpholine rings is 1. The molecule has 0 aromatic carbocycles. The number of rotatable bonds is 1. The summed E-state index contributed by atoms with van der Waals surface area (Å²) in [5, 5.41) is -2.22. The molecule has 2 atom stereocenters. The van der Waals surface area contributed by atoms with E-state index in [1.165, 1.54) is 0 Å². The van der Waals surface area contributed by atoms with Crippen LogP contribution in [0.1, 0.15) is 6.92 Å². The minimum absolute atomic E-state index is 0.165. The number of carbonyl (C=O) groups excluding carboxylic acids is 2. The van der Waals surface area contributed by atoms with E-state index in [0.717, 1.165) is 4.90 Å². The van der Waals surface area contributed by atoms with Crippen LogP contribution in [-0.2, 0) is 24.2 Å². The van der Waals surface area contributed by atoms with E-state index < -0.39 is 26.5 Å². The third-order valence-corrected chi connectivity index (χ3v) is 6.54. The molecule has 0 aliphatic carbocycles. The molecule has 2 amide bonds. The van der Waals surface area contributed by atoms with Gasteiger partial charge in [0.05, 0.1) is 19.0 Å². The molecule has 2 saturated heterocycles. The maximum Gasteiger partial charge on any atom is 0.270 e. The van der Waals surface area contributed by atoms with Crippen molar-refractivity contribution < 1.29 is 22.7 Å². The first-order chi connectivity index (χ1) is 9.84. The second-order valence-electron chi connectivity index (χ2n) is 5.34. The Morgan fingerprint density at radius 3 is 2.57 bits per heavy atom. The van der Waals surface area contributed by atoms with Crippen LogP contribution in [0.15, 0.2) is 11.3 Å². The minimum atomic E-state index is -3.53. The Labute approximate surface area is 127 Å². The molecule has 0 bridgehead atoms. The van der Waals surface area contributed by atoms with Crippen LogP contribution in [0.2, 0.25) is 0 Å². The number of fused-ring (bicyclic) bond motifs is 1. The lowest BCUT2D eigenvalue weighted by molar-refractivity contribution is -0.144. The normalized spacial score (nSPS) is 31.8. The van der Waals surface area contributed by atoms with Crippen molar-refractivity contribution in [1.82, 2.24) is 9.80 Å². The Hall–Kier alpha value is -1.12. The highest BCUT2D eigenvalue weighted by Crippen LogP contribution is 2.39. The fourth-order valence-corrected chi connectivity index (χ4v) is 5.48. The standard InChI is InChI=1S/C12H15ClN2O5S/c1-7-6-21(18,19)12-8(13)10(16)15(12)9(7)11(17)14-2-4-20-5-3-14/h8,12H,2-6H2,1H3/t8-,12+/m0/s1. The second kappa shape index (κ2) is 4.96. The zero-order valence-corrected chi connectivity index (χ0v) is 13.0. The summed E-state index contributed by atoms with van der Waals surface area (Å²) in [5.41, 5.74) is 0.554. The monoisotopic (exact) mass is 334 g/mol. The van der Waals surface area contributed by atoms with Gasteiger partial charge in [0, 0.05) is 13.1 Å². The van der Waals surface area contributed by atoms with E-state index in [0.29, 0.717) is 31.9 Å². The summed E-state index contributed by atoms with van der Waals surface area (Å²) in [6.45, 7) is 3.30. The van der Waals surface area contributed by atoms with E-state index in [9.17, 15) is 18.0 Å². The maximum absolute atomic E-state index is 12.6. The van der Waals surface area contributed by atoms with Crippen molar-refractivity contribution in [3.8, 4) is 0 Å². The largest absolute Gasteiger partial charge is 0.378 e. The molecule has 3 heterocycles. The van der Waals surface area contributed by atoms with Crippen LogP contribution in [0, 0.1) is 0 Å². The fraction of sp³-hybridized carbons (Fsp3) is 0.667. The molecule has 0 aromatic heterocycles. The number of sulfone groups is 1. The zero-order chi connectivity index (χ0) is 15.4. The fourth-order valence-electron chi connectivity index (χ4n) is 2.87. The predicted molar refractivity (Wildman–Crippen MR) is 74.2 cm³/mol. The van der Waals surface area contributed by atoms with E-state index in [4.69, 9.17) is 16.3 Å². The molecule has 0 unspecified atom stereocenters. The van der Waals surface area contributed by atoms with E-state index in [1.54, 1.807) is 11.8 Å². The first-order valence-corrected chi connectivity index (χ1v) is 8.75. The molecule has 0 N–H and O–H groups in total. The summed E-state index contributed by atoms with van der Waals surface area (Å²) in [6.07, 6.45) is 0. The molecular weight excluding hydrogens is 320 g/mol. The smallest absolute Gasteiger partial charge is 0.270 e. The van der Waals surface area contributed by atoms with Crippen molar-refractivity contribution in [2.24, 2.45) is 0 Å². The third kappa shape index (κ3) is 2.16. The summed E-state index contributed by atoms with van der Waals surface area (Å²) in [6, 6.07) is 0. The lowest BCUT2D eigenvalue weighted by atomic mass is 10.1. The van der Waals surface area contributed by atoms with Gasteiger partial charge in [-0.25, -0.2) is 8.42 Å². The van der Waals surface area contributed by atoms with Crippen molar-refractivity contribution in [3.05, 3.63) is 11.3 Å². The van der Waals surface area contributed by atoms with Crippen molar-refractivity contribution in [2.75, 3.05) is 32.1 Å². The van der Waals surface area contributed by atoms with Crippen LogP contribution in [-0.4, -0.2) is 72.8 Å². The topological polar surface area (TPSA) is 84.0 Å². The Morgan fingerprint density at radius 2 is 1.95 bits per heavy atom. The van der Waals surface area contributed by atoms with Gasteiger partial charge in [0.2, 0.25) is 5.91 Å². The highest BCUT2D eigenvalue weighted by Gasteiger charge is 2.59. The number of carbonyl (C=O) groups is 2. The molecular formula is C12H15ClN2O5S. The number of halogens is 1. The average molecular weight is 335 g/mol. The highest BCUT2D eigenvalue weighted by molar-refractivity contribution is 7.92. The molecule has 9 heteroatoms. The van der Waals surface area contributed by atoms with Crippen LogP contribution >= 0.6 is 11.6 Å². The van der Waals surface area contributed by atoms with Crippen LogP contribution in [0.3, 0.4) is 0 Å². The van der Waals surface area contributed by atoms with Crippen molar-refractivity contribution in [3.63, 3.8) is 0 Å². The van der Waals surface area contributed by atoms with Gasteiger partial charge in [-0.3, -0.25) is 14.5 Å². The van der Waals surface area contributed by atoms with E-state index in [2.05, 4.69) is 0 Å². The Morgan fingerprint density at radius 1 is 1.33 bits per heavy atom. The number of hydrogen-bond acceptors (Lipinski definition) is 5. The van der Waals surface area contributed by atoms with Crippen LogP contribution in [0.25, 0.3) is 0 Å². The van der Waals surface area contributed by atoms with E-state index in [1.807, 2.05) is 0 Å². The highest BCUT2D eigenvalue weighted by atomic mass is 35.5. The Bertz CT molecular complexity index is 638. The van der Waals surface area contributed by atoms with Gasteiger partial charge in [-0.2, -0.15) is 0 Å². The van der Waals surface area contributed by atoms with Crippen LogP contribution in [0.4, 0.5) is 0 Å². The number of amides is 2. The van der Waals surface area contributed by atoms with Crippen molar-refractivity contribution >= 4 is 33.3 Å². The van der Waals surface area contributed by atoms with Crippen molar-refractivity contribution in [2.45, 2.75) is 17.7 Å². The minimum Gasteiger partial charge on any atom is -0.378 e. The molecule has 21 heavy (non-hydrogen) atoms. The number of nitrogens with zero attached hydrogens (tertiary/aromatic N) is 2. The molecule has 0 aromatic rings.